The Hall–Kier alpha value is -0.830. The molecule has 2 fully saturated rings. The van der Waals surface area contributed by atoms with E-state index in [0.29, 0.717) is 17.5 Å². The standard InChI is InChI=1S/C12H16ClN3/c1-8-2-5-12(15-14-8)16-10-3-4-11(16)7-9(13)6-10/h2,5,9-11H,3-4,6-7H2,1H3. The fourth-order valence-electron chi connectivity index (χ4n) is 3.01. The molecule has 0 spiro atoms. The van der Waals surface area contributed by atoms with Gasteiger partial charge in [-0.3, -0.25) is 0 Å². The van der Waals surface area contributed by atoms with Crippen molar-refractivity contribution in [2.24, 2.45) is 0 Å². The van der Waals surface area contributed by atoms with E-state index in [0.717, 1.165) is 24.4 Å². The van der Waals surface area contributed by atoms with Gasteiger partial charge < -0.3 is 4.90 Å². The van der Waals surface area contributed by atoms with Crippen molar-refractivity contribution in [2.75, 3.05) is 4.90 Å². The highest BCUT2D eigenvalue weighted by Crippen LogP contribution is 2.39. The maximum atomic E-state index is 6.26. The van der Waals surface area contributed by atoms with Gasteiger partial charge in [-0.2, -0.15) is 5.10 Å². The Morgan fingerprint density at radius 1 is 1.19 bits per heavy atom. The van der Waals surface area contributed by atoms with Gasteiger partial charge in [0.2, 0.25) is 0 Å². The van der Waals surface area contributed by atoms with Crippen LogP contribution in [0, 0.1) is 6.92 Å². The highest BCUT2D eigenvalue weighted by atomic mass is 35.5. The molecule has 3 rings (SSSR count). The first-order valence-electron chi connectivity index (χ1n) is 5.97. The van der Waals surface area contributed by atoms with Gasteiger partial charge in [0.25, 0.3) is 0 Å². The fraction of sp³-hybridized carbons (Fsp3) is 0.667. The second kappa shape index (κ2) is 3.88. The van der Waals surface area contributed by atoms with Crippen LogP contribution in [-0.4, -0.2) is 27.7 Å². The second-order valence-corrected chi connectivity index (χ2v) is 5.51. The van der Waals surface area contributed by atoms with E-state index in [1.54, 1.807) is 0 Å². The number of hydrogen-bond acceptors (Lipinski definition) is 3. The monoisotopic (exact) mass is 237 g/mol. The Labute approximate surface area is 101 Å². The zero-order valence-corrected chi connectivity index (χ0v) is 10.2. The summed E-state index contributed by atoms with van der Waals surface area (Å²) in [5.74, 6) is 1.03. The highest BCUT2D eigenvalue weighted by Gasteiger charge is 2.40. The normalized spacial score (nSPS) is 33.1. The van der Waals surface area contributed by atoms with Gasteiger partial charge >= 0.3 is 0 Å². The van der Waals surface area contributed by atoms with Crippen LogP contribution < -0.4 is 4.90 Å². The molecule has 2 aliphatic rings. The van der Waals surface area contributed by atoms with Gasteiger partial charge in [0.15, 0.2) is 5.82 Å². The van der Waals surface area contributed by atoms with Crippen molar-refractivity contribution >= 4 is 17.4 Å². The molecule has 2 atom stereocenters. The van der Waals surface area contributed by atoms with Crippen LogP contribution in [0.5, 0.6) is 0 Å². The second-order valence-electron chi connectivity index (χ2n) is 4.89. The van der Waals surface area contributed by atoms with Crippen LogP contribution in [-0.2, 0) is 0 Å². The molecule has 2 saturated heterocycles. The Balaban J connectivity index is 1.88. The molecule has 2 aliphatic heterocycles. The van der Waals surface area contributed by atoms with Crippen molar-refractivity contribution < 1.29 is 0 Å². The molecule has 1 aromatic rings. The molecule has 86 valence electrons. The van der Waals surface area contributed by atoms with Crippen LogP contribution in [0.4, 0.5) is 5.82 Å². The number of aromatic nitrogens is 2. The molecule has 2 bridgehead atoms. The summed E-state index contributed by atoms with van der Waals surface area (Å²) in [6.07, 6.45) is 4.69. The summed E-state index contributed by atoms with van der Waals surface area (Å²) in [5.41, 5.74) is 0.975. The number of anilines is 1. The summed E-state index contributed by atoms with van der Waals surface area (Å²) < 4.78 is 0. The lowest BCUT2D eigenvalue weighted by Gasteiger charge is -2.37. The van der Waals surface area contributed by atoms with Crippen LogP contribution in [0.2, 0.25) is 0 Å². The van der Waals surface area contributed by atoms with Gasteiger partial charge in [0, 0.05) is 17.5 Å². The van der Waals surface area contributed by atoms with E-state index >= 15 is 0 Å². The molecule has 0 aromatic carbocycles. The number of halogens is 1. The predicted octanol–water partition coefficient (Wildman–Crippen LogP) is 2.52. The van der Waals surface area contributed by atoms with E-state index in [2.05, 4.69) is 21.2 Å². The molecule has 3 nitrogen and oxygen atoms in total. The summed E-state index contributed by atoms with van der Waals surface area (Å²) in [6, 6.07) is 5.29. The summed E-state index contributed by atoms with van der Waals surface area (Å²) in [4.78, 5) is 2.44. The van der Waals surface area contributed by atoms with Gasteiger partial charge in [-0.25, -0.2) is 0 Å². The molecule has 0 amide bonds. The molecule has 4 heteroatoms. The van der Waals surface area contributed by atoms with Crippen molar-refractivity contribution in [2.45, 2.75) is 50.1 Å². The third-order valence-electron chi connectivity index (χ3n) is 3.72. The number of fused-ring (bicyclic) bond motifs is 2. The first-order chi connectivity index (χ1) is 7.74. The SMILES string of the molecule is Cc1ccc(N2C3CCC2CC(Cl)C3)nn1. The molecular weight excluding hydrogens is 222 g/mol. The Morgan fingerprint density at radius 2 is 1.88 bits per heavy atom. The zero-order chi connectivity index (χ0) is 11.1. The minimum Gasteiger partial charge on any atom is -0.349 e. The van der Waals surface area contributed by atoms with Crippen LogP contribution in [0.3, 0.4) is 0 Å². The van der Waals surface area contributed by atoms with Gasteiger partial charge in [-0.15, -0.1) is 16.7 Å². The minimum absolute atomic E-state index is 0.354. The molecule has 0 saturated carbocycles. The zero-order valence-electron chi connectivity index (χ0n) is 9.43. The van der Waals surface area contributed by atoms with Crippen molar-refractivity contribution in [1.29, 1.82) is 0 Å². The largest absolute Gasteiger partial charge is 0.349 e. The average Bonchev–Trinajstić information content (AvgIpc) is 2.54. The van der Waals surface area contributed by atoms with E-state index in [1.807, 2.05) is 13.0 Å². The molecule has 0 radical (unpaired) electrons. The average molecular weight is 238 g/mol. The molecule has 3 heterocycles. The summed E-state index contributed by atoms with van der Waals surface area (Å²) in [5, 5.41) is 8.80. The fourth-order valence-corrected chi connectivity index (χ4v) is 3.43. The number of piperidine rings is 1. The number of aryl methyl sites for hydroxylation is 1. The first kappa shape index (κ1) is 10.3. The molecule has 0 aliphatic carbocycles. The summed E-state index contributed by atoms with van der Waals surface area (Å²) in [6.45, 7) is 1.97. The van der Waals surface area contributed by atoms with Gasteiger partial charge in [-0.1, -0.05) is 0 Å². The van der Waals surface area contributed by atoms with Crippen molar-refractivity contribution in [1.82, 2.24) is 10.2 Å². The van der Waals surface area contributed by atoms with E-state index in [-0.39, 0.29) is 0 Å². The van der Waals surface area contributed by atoms with Crippen LogP contribution in [0.25, 0.3) is 0 Å². The Kier molecular flexibility index (Phi) is 2.51. The molecule has 0 N–H and O–H groups in total. The van der Waals surface area contributed by atoms with Crippen LogP contribution in [0.1, 0.15) is 31.4 Å². The lowest BCUT2D eigenvalue weighted by atomic mass is 10.0. The quantitative estimate of drug-likeness (QED) is 0.703. The van der Waals surface area contributed by atoms with E-state index in [1.165, 1.54) is 12.8 Å². The van der Waals surface area contributed by atoms with Gasteiger partial charge in [-0.05, 0) is 44.7 Å². The topological polar surface area (TPSA) is 29.0 Å². The van der Waals surface area contributed by atoms with Crippen molar-refractivity contribution in [3.63, 3.8) is 0 Å². The predicted molar refractivity (Wildman–Crippen MR) is 64.9 cm³/mol. The van der Waals surface area contributed by atoms with Crippen molar-refractivity contribution in [3.8, 4) is 0 Å². The molecule has 16 heavy (non-hydrogen) atoms. The number of alkyl halides is 1. The van der Waals surface area contributed by atoms with Gasteiger partial charge in [0.1, 0.15) is 0 Å². The third-order valence-corrected chi connectivity index (χ3v) is 4.08. The summed E-state index contributed by atoms with van der Waals surface area (Å²) >= 11 is 6.26. The van der Waals surface area contributed by atoms with E-state index < -0.39 is 0 Å². The Morgan fingerprint density at radius 3 is 2.44 bits per heavy atom. The molecule has 1 aromatic heterocycles. The number of hydrogen-bond donors (Lipinski definition) is 0. The number of rotatable bonds is 1. The first-order valence-corrected chi connectivity index (χ1v) is 6.40. The maximum Gasteiger partial charge on any atom is 0.151 e. The third kappa shape index (κ3) is 1.67. The van der Waals surface area contributed by atoms with Gasteiger partial charge in [0.05, 0.1) is 5.69 Å². The molecular formula is C12H16ClN3. The smallest absolute Gasteiger partial charge is 0.151 e. The number of nitrogens with zero attached hydrogens (tertiary/aromatic N) is 3. The highest BCUT2D eigenvalue weighted by molar-refractivity contribution is 6.20. The lowest BCUT2D eigenvalue weighted by molar-refractivity contribution is 0.469. The van der Waals surface area contributed by atoms with Crippen LogP contribution in [0.15, 0.2) is 12.1 Å². The maximum absolute atomic E-state index is 6.26. The lowest BCUT2D eigenvalue weighted by Crippen LogP contribution is -2.44. The minimum atomic E-state index is 0.354. The van der Waals surface area contributed by atoms with Crippen molar-refractivity contribution in [3.05, 3.63) is 17.8 Å². The molecule has 2 unspecified atom stereocenters. The van der Waals surface area contributed by atoms with E-state index in [4.69, 9.17) is 11.6 Å². The Bertz CT molecular complexity index is 364. The van der Waals surface area contributed by atoms with E-state index in [9.17, 15) is 0 Å². The summed E-state index contributed by atoms with van der Waals surface area (Å²) in [7, 11) is 0. The van der Waals surface area contributed by atoms with Crippen LogP contribution >= 0.6 is 11.6 Å².